The van der Waals surface area contributed by atoms with Crippen molar-refractivity contribution in [3.8, 4) is 0 Å². The summed E-state index contributed by atoms with van der Waals surface area (Å²) in [6.07, 6.45) is 5.16. The number of H-pyrrole nitrogens is 1. The normalized spacial score (nSPS) is 17.0. The fourth-order valence-electron chi connectivity index (χ4n) is 2.58. The number of piperidine rings is 1. The van der Waals surface area contributed by atoms with Gasteiger partial charge in [-0.05, 0) is 19.4 Å². The zero-order chi connectivity index (χ0) is 14.7. The van der Waals surface area contributed by atoms with Gasteiger partial charge in [-0.25, -0.2) is 15.0 Å². The Hall–Kier alpha value is -1.64. The maximum atomic E-state index is 12.1. The molecule has 1 aliphatic rings. The molecule has 1 aliphatic heterocycles. The molecule has 0 radical (unpaired) electrons. The molecule has 0 spiro atoms. The monoisotopic (exact) mass is 361 g/mol. The minimum atomic E-state index is -0.00234. The Morgan fingerprint density at radius 2 is 2.22 bits per heavy atom. The van der Waals surface area contributed by atoms with Crippen molar-refractivity contribution in [3.05, 3.63) is 12.7 Å². The molecule has 1 fully saturated rings. The van der Waals surface area contributed by atoms with Crippen molar-refractivity contribution < 1.29 is 4.79 Å². The first-order chi connectivity index (χ1) is 10.2. The van der Waals surface area contributed by atoms with Crippen LogP contribution >= 0.6 is 24.8 Å². The maximum absolute atomic E-state index is 12.1. The van der Waals surface area contributed by atoms with Gasteiger partial charge in [-0.1, -0.05) is 0 Å². The van der Waals surface area contributed by atoms with E-state index in [1.807, 2.05) is 7.05 Å². The van der Waals surface area contributed by atoms with Crippen LogP contribution in [0.2, 0.25) is 0 Å². The number of nitrogens with one attached hydrogen (secondary N) is 3. The van der Waals surface area contributed by atoms with E-state index in [-0.39, 0.29) is 43.3 Å². The number of fused-ring (bicyclic) bond motifs is 1. The summed E-state index contributed by atoms with van der Waals surface area (Å²) in [6.45, 7) is 2.13. The third-order valence-corrected chi connectivity index (χ3v) is 3.61. The molecule has 0 aliphatic carbocycles. The van der Waals surface area contributed by atoms with Crippen LogP contribution in [0.4, 0.5) is 5.82 Å². The summed E-state index contributed by atoms with van der Waals surface area (Å²) in [4.78, 5) is 29.3. The van der Waals surface area contributed by atoms with Crippen LogP contribution in [-0.2, 0) is 4.79 Å². The quantitative estimate of drug-likeness (QED) is 0.733. The van der Waals surface area contributed by atoms with Crippen molar-refractivity contribution in [2.45, 2.75) is 18.9 Å². The number of nitrogens with zero attached hydrogens (tertiary/aromatic N) is 4. The summed E-state index contributed by atoms with van der Waals surface area (Å²) >= 11 is 0. The molecule has 0 unspecified atom stereocenters. The first kappa shape index (κ1) is 19.4. The van der Waals surface area contributed by atoms with Gasteiger partial charge in [-0.2, -0.15) is 0 Å². The molecule has 3 heterocycles. The number of imidazole rings is 1. The molecule has 23 heavy (non-hydrogen) atoms. The second kappa shape index (κ2) is 8.85. The molecule has 1 saturated heterocycles. The Morgan fingerprint density at radius 3 is 2.96 bits per heavy atom. The third-order valence-electron chi connectivity index (χ3n) is 3.61. The Labute approximate surface area is 146 Å². The lowest BCUT2D eigenvalue weighted by molar-refractivity contribution is -0.120. The van der Waals surface area contributed by atoms with E-state index >= 15 is 0 Å². The highest BCUT2D eigenvalue weighted by atomic mass is 35.5. The average Bonchev–Trinajstić information content (AvgIpc) is 2.96. The number of rotatable bonds is 4. The first-order valence-electron chi connectivity index (χ1n) is 7.09. The van der Waals surface area contributed by atoms with E-state index in [2.05, 4.69) is 30.6 Å². The van der Waals surface area contributed by atoms with Crippen molar-refractivity contribution in [1.29, 1.82) is 0 Å². The van der Waals surface area contributed by atoms with Gasteiger partial charge >= 0.3 is 0 Å². The van der Waals surface area contributed by atoms with Gasteiger partial charge in [0.25, 0.3) is 0 Å². The Bertz CT molecular complexity index is 630. The fraction of sp³-hybridized carbons (Fsp3) is 0.538. The molecule has 128 valence electrons. The number of hydrogen-bond acceptors (Lipinski definition) is 6. The highest BCUT2D eigenvalue weighted by molar-refractivity contribution is 5.87. The number of aromatic amines is 1. The summed E-state index contributed by atoms with van der Waals surface area (Å²) in [5.41, 5.74) is 1.34. The van der Waals surface area contributed by atoms with Gasteiger partial charge in [-0.15, -0.1) is 24.8 Å². The van der Waals surface area contributed by atoms with Gasteiger partial charge in [0.15, 0.2) is 11.5 Å². The predicted molar refractivity (Wildman–Crippen MR) is 93.5 cm³/mol. The van der Waals surface area contributed by atoms with E-state index in [0.29, 0.717) is 11.5 Å². The van der Waals surface area contributed by atoms with E-state index in [1.165, 1.54) is 6.33 Å². The smallest absolute Gasteiger partial charge is 0.239 e. The van der Waals surface area contributed by atoms with Crippen LogP contribution in [0.15, 0.2) is 12.7 Å². The van der Waals surface area contributed by atoms with Crippen molar-refractivity contribution in [3.63, 3.8) is 0 Å². The van der Waals surface area contributed by atoms with Crippen molar-refractivity contribution >= 4 is 47.7 Å². The molecule has 10 heteroatoms. The average molecular weight is 362 g/mol. The topological polar surface area (TPSA) is 98.8 Å². The number of carbonyl (C=O) groups is 1. The summed E-state index contributed by atoms with van der Waals surface area (Å²) in [7, 11) is 1.83. The van der Waals surface area contributed by atoms with E-state index in [4.69, 9.17) is 0 Å². The summed E-state index contributed by atoms with van der Waals surface area (Å²) < 4.78 is 0. The molecule has 3 N–H and O–H groups in total. The number of halogens is 2. The lowest BCUT2D eigenvalue weighted by Gasteiger charge is -2.25. The summed E-state index contributed by atoms with van der Waals surface area (Å²) in [5, 5.41) is 6.33. The fourth-order valence-corrected chi connectivity index (χ4v) is 2.58. The first-order valence-corrected chi connectivity index (χ1v) is 7.09. The molecule has 0 saturated carbocycles. The van der Waals surface area contributed by atoms with Crippen LogP contribution in [0.25, 0.3) is 11.2 Å². The van der Waals surface area contributed by atoms with Crippen molar-refractivity contribution in [2.24, 2.45) is 0 Å². The summed E-state index contributed by atoms with van der Waals surface area (Å²) in [5.74, 6) is 0.673. The van der Waals surface area contributed by atoms with E-state index in [1.54, 1.807) is 11.2 Å². The number of hydrogen-bond donors (Lipinski definition) is 3. The minimum Gasteiger partial charge on any atom is -0.351 e. The molecule has 2 aromatic rings. The number of carbonyl (C=O) groups excluding carboxylic acids is 1. The van der Waals surface area contributed by atoms with Crippen molar-refractivity contribution in [1.82, 2.24) is 30.6 Å². The largest absolute Gasteiger partial charge is 0.351 e. The summed E-state index contributed by atoms with van der Waals surface area (Å²) in [6, 6.07) is 0.220. The molecule has 2 aromatic heterocycles. The minimum absolute atomic E-state index is 0. The van der Waals surface area contributed by atoms with Gasteiger partial charge in [0.05, 0.1) is 12.9 Å². The zero-order valence-corrected chi connectivity index (χ0v) is 14.4. The molecular formula is C13H21Cl2N7O. The highest BCUT2D eigenvalue weighted by Crippen LogP contribution is 2.17. The highest BCUT2D eigenvalue weighted by Gasteiger charge is 2.18. The lowest BCUT2D eigenvalue weighted by atomic mass is 10.1. The van der Waals surface area contributed by atoms with Crippen LogP contribution in [-0.4, -0.2) is 58.6 Å². The van der Waals surface area contributed by atoms with Crippen LogP contribution in [0, 0.1) is 0 Å². The predicted octanol–water partition coefficient (Wildman–Crippen LogP) is 0.501. The van der Waals surface area contributed by atoms with Gasteiger partial charge in [0.2, 0.25) is 5.91 Å². The van der Waals surface area contributed by atoms with Gasteiger partial charge in [0.1, 0.15) is 11.8 Å². The number of aromatic nitrogens is 4. The lowest BCUT2D eigenvalue weighted by Crippen LogP contribution is -2.48. The number of amides is 1. The third kappa shape index (κ3) is 4.66. The van der Waals surface area contributed by atoms with Crippen molar-refractivity contribution in [2.75, 3.05) is 31.6 Å². The second-order valence-electron chi connectivity index (χ2n) is 5.27. The van der Waals surface area contributed by atoms with E-state index in [0.717, 1.165) is 31.4 Å². The SMILES string of the molecule is CN(CC(=O)N[C@H]1CCCNC1)c1ncnc2nc[nH]c12.Cl.Cl. The Morgan fingerprint density at radius 1 is 1.39 bits per heavy atom. The second-order valence-corrected chi connectivity index (χ2v) is 5.27. The standard InChI is InChI=1S/C13H19N7O.2ClH/c1-20(6-10(21)19-9-3-2-4-14-5-9)13-11-12(16-7-15-11)17-8-18-13;;/h7-9,14H,2-6H2,1H3,(H,19,21)(H,15,16,17,18);2*1H/t9-;;/m0../s1. The number of likely N-dealkylation sites (N-methyl/N-ethyl adjacent to an activating group) is 1. The molecule has 8 nitrogen and oxygen atoms in total. The van der Waals surface area contributed by atoms with Gasteiger partial charge in [-0.3, -0.25) is 4.79 Å². The Balaban J connectivity index is 0.00000132. The van der Waals surface area contributed by atoms with E-state index < -0.39 is 0 Å². The molecule has 3 rings (SSSR count). The van der Waals surface area contributed by atoms with Crippen LogP contribution in [0.5, 0.6) is 0 Å². The van der Waals surface area contributed by atoms with Crippen LogP contribution < -0.4 is 15.5 Å². The molecule has 1 atom stereocenters. The van der Waals surface area contributed by atoms with Gasteiger partial charge < -0.3 is 20.5 Å². The Kier molecular flexibility index (Phi) is 7.47. The molecular weight excluding hydrogens is 341 g/mol. The van der Waals surface area contributed by atoms with Crippen LogP contribution in [0.1, 0.15) is 12.8 Å². The maximum Gasteiger partial charge on any atom is 0.239 e. The molecule has 0 aromatic carbocycles. The number of anilines is 1. The van der Waals surface area contributed by atoms with Crippen LogP contribution in [0.3, 0.4) is 0 Å². The molecule has 0 bridgehead atoms. The molecule has 1 amide bonds. The zero-order valence-electron chi connectivity index (χ0n) is 12.8. The van der Waals surface area contributed by atoms with Gasteiger partial charge in [0, 0.05) is 19.6 Å². The van der Waals surface area contributed by atoms with E-state index in [9.17, 15) is 4.79 Å².